The van der Waals surface area contributed by atoms with E-state index in [-0.39, 0.29) is 5.91 Å². The number of nitrogens with zero attached hydrogens (tertiary/aromatic N) is 3. The standard InChI is InChI=1S/C17H22N4O2S/c1-12-5-4-8-21(9-12)10-13-11-24-17(19-13)20-15(22)14-6-3-7-18-16(14)23-2/h3,6-7,11-12H,4-5,8-10H2,1-2H3,(H,19,20,22). The summed E-state index contributed by atoms with van der Waals surface area (Å²) in [5, 5.41) is 5.44. The van der Waals surface area contributed by atoms with Gasteiger partial charge in [0.05, 0.1) is 12.8 Å². The minimum atomic E-state index is -0.257. The van der Waals surface area contributed by atoms with Crippen LogP contribution in [0.25, 0.3) is 0 Å². The van der Waals surface area contributed by atoms with Crippen LogP contribution in [0.1, 0.15) is 35.8 Å². The molecule has 0 radical (unpaired) electrons. The number of thiazole rings is 1. The van der Waals surface area contributed by atoms with Crippen molar-refractivity contribution in [3.8, 4) is 5.88 Å². The van der Waals surface area contributed by atoms with E-state index in [9.17, 15) is 4.79 Å². The minimum absolute atomic E-state index is 0.257. The van der Waals surface area contributed by atoms with Gasteiger partial charge in [-0.2, -0.15) is 0 Å². The van der Waals surface area contributed by atoms with Crippen LogP contribution in [0.5, 0.6) is 5.88 Å². The molecule has 6 nitrogen and oxygen atoms in total. The summed E-state index contributed by atoms with van der Waals surface area (Å²) in [6, 6.07) is 3.40. The number of carbonyl (C=O) groups is 1. The lowest BCUT2D eigenvalue weighted by Crippen LogP contribution is -2.33. The Bertz CT molecular complexity index is 703. The summed E-state index contributed by atoms with van der Waals surface area (Å²) in [6.45, 7) is 5.37. The summed E-state index contributed by atoms with van der Waals surface area (Å²) < 4.78 is 5.12. The van der Waals surface area contributed by atoms with E-state index >= 15 is 0 Å². The molecule has 1 saturated heterocycles. The number of pyridine rings is 1. The van der Waals surface area contributed by atoms with Crippen LogP contribution >= 0.6 is 11.3 Å². The summed E-state index contributed by atoms with van der Waals surface area (Å²) in [4.78, 5) is 23.4. The fourth-order valence-electron chi connectivity index (χ4n) is 2.99. The van der Waals surface area contributed by atoms with Crippen LogP contribution < -0.4 is 10.1 Å². The number of aromatic nitrogens is 2. The fourth-order valence-corrected chi connectivity index (χ4v) is 3.68. The molecule has 24 heavy (non-hydrogen) atoms. The molecule has 1 unspecified atom stereocenters. The van der Waals surface area contributed by atoms with Crippen molar-refractivity contribution in [2.45, 2.75) is 26.3 Å². The van der Waals surface area contributed by atoms with Gasteiger partial charge < -0.3 is 4.74 Å². The van der Waals surface area contributed by atoms with Crippen molar-refractivity contribution in [1.29, 1.82) is 0 Å². The number of carbonyl (C=O) groups excluding carboxylic acids is 1. The molecule has 0 aromatic carbocycles. The molecule has 2 aromatic rings. The Morgan fingerprint density at radius 1 is 1.54 bits per heavy atom. The van der Waals surface area contributed by atoms with Crippen LogP contribution in [0.3, 0.4) is 0 Å². The van der Waals surface area contributed by atoms with Crippen LogP contribution in [0.4, 0.5) is 5.13 Å². The summed E-state index contributed by atoms with van der Waals surface area (Å²) in [6.07, 6.45) is 4.15. The number of likely N-dealkylation sites (tertiary alicyclic amines) is 1. The van der Waals surface area contributed by atoms with E-state index < -0.39 is 0 Å². The quantitative estimate of drug-likeness (QED) is 0.901. The lowest BCUT2D eigenvalue weighted by Gasteiger charge is -2.30. The van der Waals surface area contributed by atoms with Crippen LogP contribution in [0, 0.1) is 5.92 Å². The van der Waals surface area contributed by atoms with Crippen molar-refractivity contribution >= 4 is 22.4 Å². The predicted molar refractivity (Wildman–Crippen MR) is 94.5 cm³/mol. The fraction of sp³-hybridized carbons (Fsp3) is 0.471. The maximum Gasteiger partial charge on any atom is 0.262 e. The summed E-state index contributed by atoms with van der Waals surface area (Å²) in [5.41, 5.74) is 1.41. The summed E-state index contributed by atoms with van der Waals surface area (Å²) >= 11 is 1.44. The van der Waals surface area contributed by atoms with E-state index in [2.05, 4.69) is 27.1 Å². The lowest BCUT2D eigenvalue weighted by atomic mass is 10.0. The van der Waals surface area contributed by atoms with Crippen molar-refractivity contribution in [3.63, 3.8) is 0 Å². The van der Waals surface area contributed by atoms with Gasteiger partial charge in [-0.15, -0.1) is 11.3 Å². The first-order valence-electron chi connectivity index (χ1n) is 8.13. The average molecular weight is 346 g/mol. The highest BCUT2D eigenvalue weighted by atomic mass is 32.1. The van der Waals surface area contributed by atoms with Gasteiger partial charge in [0.2, 0.25) is 5.88 Å². The first-order chi connectivity index (χ1) is 11.7. The Morgan fingerprint density at radius 2 is 2.42 bits per heavy atom. The van der Waals surface area contributed by atoms with Gasteiger partial charge in [-0.25, -0.2) is 9.97 Å². The SMILES string of the molecule is COc1ncccc1C(=O)Nc1nc(CN2CCCC(C)C2)cs1. The Hall–Kier alpha value is -1.99. The first-order valence-corrected chi connectivity index (χ1v) is 9.01. The van der Waals surface area contributed by atoms with E-state index in [0.29, 0.717) is 16.6 Å². The molecule has 128 valence electrons. The van der Waals surface area contributed by atoms with Crippen molar-refractivity contribution in [1.82, 2.24) is 14.9 Å². The molecule has 2 aromatic heterocycles. The number of anilines is 1. The molecule has 3 heterocycles. The van der Waals surface area contributed by atoms with Crippen molar-refractivity contribution in [2.24, 2.45) is 5.92 Å². The van der Waals surface area contributed by atoms with E-state index in [0.717, 1.165) is 31.2 Å². The second kappa shape index (κ2) is 7.72. The molecule has 1 amide bonds. The maximum atomic E-state index is 12.4. The summed E-state index contributed by atoms with van der Waals surface area (Å²) in [7, 11) is 1.50. The topological polar surface area (TPSA) is 67.3 Å². The van der Waals surface area contributed by atoms with Gasteiger partial charge in [-0.05, 0) is 37.4 Å². The molecule has 1 atom stereocenters. The Labute approximate surface area is 145 Å². The normalized spacial score (nSPS) is 18.3. The molecule has 0 bridgehead atoms. The highest BCUT2D eigenvalue weighted by Gasteiger charge is 2.18. The zero-order valence-electron chi connectivity index (χ0n) is 14.0. The second-order valence-electron chi connectivity index (χ2n) is 6.14. The van der Waals surface area contributed by atoms with Gasteiger partial charge in [0, 0.05) is 24.7 Å². The zero-order chi connectivity index (χ0) is 16.9. The van der Waals surface area contributed by atoms with Crippen molar-refractivity contribution in [3.05, 3.63) is 35.0 Å². The predicted octanol–water partition coefficient (Wildman–Crippen LogP) is 3.03. The Kier molecular flexibility index (Phi) is 5.42. The van der Waals surface area contributed by atoms with Crippen LogP contribution in [0.15, 0.2) is 23.7 Å². The number of hydrogen-bond donors (Lipinski definition) is 1. The molecular weight excluding hydrogens is 324 g/mol. The third-order valence-corrected chi connectivity index (χ3v) is 4.91. The number of rotatable bonds is 5. The molecule has 1 fully saturated rings. The smallest absolute Gasteiger partial charge is 0.262 e. The zero-order valence-corrected chi connectivity index (χ0v) is 14.8. The molecule has 0 saturated carbocycles. The maximum absolute atomic E-state index is 12.4. The number of ether oxygens (including phenoxy) is 1. The first kappa shape index (κ1) is 16.9. The summed E-state index contributed by atoms with van der Waals surface area (Å²) in [5.74, 6) is 0.802. The monoisotopic (exact) mass is 346 g/mol. The number of nitrogens with one attached hydrogen (secondary N) is 1. The molecule has 1 aliphatic rings. The molecule has 1 aliphatic heterocycles. The van der Waals surface area contributed by atoms with Gasteiger partial charge in [0.15, 0.2) is 5.13 Å². The number of piperidine rings is 1. The van der Waals surface area contributed by atoms with Crippen LogP contribution in [0.2, 0.25) is 0 Å². The van der Waals surface area contributed by atoms with E-state index in [4.69, 9.17) is 4.74 Å². The largest absolute Gasteiger partial charge is 0.480 e. The molecule has 0 spiro atoms. The van der Waals surface area contributed by atoms with Crippen LogP contribution in [-0.4, -0.2) is 41.0 Å². The number of amides is 1. The van der Waals surface area contributed by atoms with Gasteiger partial charge >= 0.3 is 0 Å². The molecule has 1 N–H and O–H groups in total. The van der Waals surface area contributed by atoms with E-state index in [1.807, 2.05) is 5.38 Å². The van der Waals surface area contributed by atoms with Gasteiger partial charge in [0.25, 0.3) is 5.91 Å². The van der Waals surface area contributed by atoms with Gasteiger partial charge in [-0.1, -0.05) is 6.92 Å². The van der Waals surface area contributed by atoms with E-state index in [1.54, 1.807) is 18.3 Å². The van der Waals surface area contributed by atoms with Gasteiger partial charge in [-0.3, -0.25) is 15.0 Å². The van der Waals surface area contributed by atoms with Gasteiger partial charge in [0.1, 0.15) is 5.56 Å². The molecule has 3 rings (SSSR count). The molecule has 0 aliphatic carbocycles. The lowest BCUT2D eigenvalue weighted by molar-refractivity contribution is 0.102. The average Bonchev–Trinajstić information content (AvgIpc) is 3.01. The molecular formula is C17H22N4O2S. The van der Waals surface area contributed by atoms with Crippen molar-refractivity contribution < 1.29 is 9.53 Å². The van der Waals surface area contributed by atoms with Crippen molar-refractivity contribution in [2.75, 3.05) is 25.5 Å². The Balaban J connectivity index is 1.62. The highest BCUT2D eigenvalue weighted by molar-refractivity contribution is 7.14. The van der Waals surface area contributed by atoms with Crippen LogP contribution in [-0.2, 0) is 6.54 Å². The second-order valence-corrected chi connectivity index (χ2v) is 7.00. The number of methoxy groups -OCH3 is 1. The highest BCUT2D eigenvalue weighted by Crippen LogP contribution is 2.22. The minimum Gasteiger partial charge on any atom is -0.480 e. The number of hydrogen-bond acceptors (Lipinski definition) is 6. The molecule has 7 heteroatoms. The Morgan fingerprint density at radius 3 is 3.21 bits per heavy atom. The third-order valence-electron chi connectivity index (χ3n) is 4.11. The third kappa shape index (κ3) is 4.10. The van der Waals surface area contributed by atoms with E-state index in [1.165, 1.54) is 31.3 Å².